The van der Waals surface area contributed by atoms with Gasteiger partial charge in [0, 0.05) is 22.0 Å². The number of benzene rings is 3. The first-order valence-corrected chi connectivity index (χ1v) is 10.3. The number of fused-ring (bicyclic) bond motifs is 2. The monoisotopic (exact) mass is 415 g/mol. The van der Waals surface area contributed by atoms with Crippen LogP contribution in [0.25, 0.3) is 21.8 Å². The Bertz CT molecular complexity index is 1240. The van der Waals surface area contributed by atoms with E-state index in [1.54, 1.807) is 24.3 Å². The molecule has 0 spiro atoms. The number of aryl methyl sites for hydroxylation is 1. The highest BCUT2D eigenvalue weighted by molar-refractivity contribution is 6.07. The predicted octanol–water partition coefficient (Wildman–Crippen LogP) is 5.76. The van der Waals surface area contributed by atoms with E-state index in [0.29, 0.717) is 17.9 Å². The highest BCUT2D eigenvalue weighted by atomic mass is 16.5. The van der Waals surface area contributed by atoms with Crippen LogP contribution >= 0.6 is 0 Å². The van der Waals surface area contributed by atoms with Crippen LogP contribution in [0.5, 0.6) is 0 Å². The smallest absolute Gasteiger partial charge is 0.411 e. The summed E-state index contributed by atoms with van der Waals surface area (Å²) in [4.78, 5) is 16.6. The summed E-state index contributed by atoms with van der Waals surface area (Å²) in [5.74, 6) is 0. The van der Waals surface area contributed by atoms with Crippen LogP contribution < -0.4 is 10.6 Å². The summed E-state index contributed by atoms with van der Waals surface area (Å²) in [5.41, 5.74) is 4.82. The van der Waals surface area contributed by atoms with Gasteiger partial charge in [0.15, 0.2) is 6.23 Å². The second-order valence-corrected chi connectivity index (χ2v) is 7.46. The molecule has 1 atom stereocenters. The van der Waals surface area contributed by atoms with E-state index in [1.807, 2.05) is 56.3 Å². The maximum Gasteiger partial charge on any atom is 0.411 e. The van der Waals surface area contributed by atoms with Crippen LogP contribution in [-0.2, 0) is 4.74 Å². The SMILES string of the molecule is CCCOC(=O)Nc1cccc(C(O)Nc2c3ccccc3nc3cc(C)ccc23)c1. The summed E-state index contributed by atoms with van der Waals surface area (Å²) >= 11 is 0. The Hall–Kier alpha value is -3.64. The molecular formula is C25H25N3O3. The fourth-order valence-electron chi connectivity index (χ4n) is 3.51. The first-order valence-electron chi connectivity index (χ1n) is 10.3. The van der Waals surface area contributed by atoms with Gasteiger partial charge in [0.1, 0.15) is 0 Å². The second-order valence-electron chi connectivity index (χ2n) is 7.46. The minimum atomic E-state index is -0.983. The van der Waals surface area contributed by atoms with Gasteiger partial charge in [-0.2, -0.15) is 0 Å². The summed E-state index contributed by atoms with van der Waals surface area (Å²) < 4.78 is 5.06. The van der Waals surface area contributed by atoms with Gasteiger partial charge in [-0.1, -0.05) is 49.4 Å². The molecule has 1 unspecified atom stereocenters. The number of para-hydroxylation sites is 1. The van der Waals surface area contributed by atoms with Gasteiger partial charge < -0.3 is 15.2 Å². The Labute approximate surface area is 180 Å². The number of nitrogens with one attached hydrogen (secondary N) is 2. The first kappa shape index (κ1) is 20.6. The minimum Gasteiger partial charge on any atom is -0.449 e. The molecule has 1 amide bonds. The van der Waals surface area contributed by atoms with Crippen molar-refractivity contribution in [2.45, 2.75) is 26.5 Å². The van der Waals surface area contributed by atoms with Crippen LogP contribution in [0.2, 0.25) is 0 Å². The molecule has 0 aliphatic carbocycles. The van der Waals surface area contributed by atoms with Crippen molar-refractivity contribution in [2.24, 2.45) is 0 Å². The Balaban J connectivity index is 1.66. The number of nitrogens with zero attached hydrogens (tertiary/aromatic N) is 1. The number of hydrogen-bond donors (Lipinski definition) is 3. The van der Waals surface area contributed by atoms with Crippen molar-refractivity contribution in [2.75, 3.05) is 17.2 Å². The molecule has 6 nitrogen and oxygen atoms in total. The largest absolute Gasteiger partial charge is 0.449 e. The van der Waals surface area contributed by atoms with E-state index in [-0.39, 0.29) is 0 Å². The molecule has 0 radical (unpaired) electrons. The van der Waals surface area contributed by atoms with Crippen LogP contribution in [0, 0.1) is 6.92 Å². The number of carbonyl (C=O) groups excluding carboxylic acids is 1. The van der Waals surface area contributed by atoms with Gasteiger partial charge >= 0.3 is 6.09 Å². The van der Waals surface area contributed by atoms with Gasteiger partial charge in [-0.3, -0.25) is 5.32 Å². The number of pyridine rings is 1. The number of aliphatic hydroxyl groups is 1. The van der Waals surface area contributed by atoms with Gasteiger partial charge in [-0.25, -0.2) is 9.78 Å². The second kappa shape index (κ2) is 9.02. The van der Waals surface area contributed by atoms with Crippen LogP contribution in [0.15, 0.2) is 66.7 Å². The Morgan fingerprint density at radius 2 is 1.84 bits per heavy atom. The minimum absolute atomic E-state index is 0.359. The molecule has 0 saturated carbocycles. The van der Waals surface area contributed by atoms with Gasteiger partial charge in [0.2, 0.25) is 0 Å². The maximum absolute atomic E-state index is 11.8. The summed E-state index contributed by atoms with van der Waals surface area (Å²) in [5, 5.41) is 18.8. The van der Waals surface area contributed by atoms with Crippen LogP contribution in [-0.4, -0.2) is 22.8 Å². The molecule has 0 fully saturated rings. The van der Waals surface area contributed by atoms with Crippen molar-refractivity contribution in [1.29, 1.82) is 0 Å². The zero-order valence-electron chi connectivity index (χ0n) is 17.6. The number of aliphatic hydroxyl groups excluding tert-OH is 1. The summed E-state index contributed by atoms with van der Waals surface area (Å²) in [6, 6.07) is 21.0. The van der Waals surface area contributed by atoms with Crippen LogP contribution in [0.1, 0.15) is 30.7 Å². The van der Waals surface area contributed by atoms with E-state index in [4.69, 9.17) is 9.72 Å². The molecule has 4 aromatic rings. The molecule has 0 aliphatic rings. The number of ether oxygens (including phenoxy) is 1. The molecular weight excluding hydrogens is 390 g/mol. The van der Waals surface area contributed by atoms with Crippen LogP contribution in [0.3, 0.4) is 0 Å². The molecule has 4 rings (SSSR count). The van der Waals surface area contributed by atoms with Gasteiger partial charge in [-0.05, 0) is 43.2 Å². The van der Waals surface area contributed by atoms with Crippen molar-refractivity contribution >= 4 is 39.3 Å². The normalized spacial score (nSPS) is 12.0. The molecule has 3 N–H and O–H groups in total. The molecule has 31 heavy (non-hydrogen) atoms. The highest BCUT2D eigenvalue weighted by Gasteiger charge is 2.15. The number of rotatable bonds is 6. The zero-order valence-corrected chi connectivity index (χ0v) is 17.6. The van der Waals surface area contributed by atoms with Gasteiger partial charge in [0.05, 0.1) is 23.3 Å². The van der Waals surface area contributed by atoms with Crippen molar-refractivity contribution < 1.29 is 14.6 Å². The molecule has 158 valence electrons. The number of aromatic nitrogens is 1. The number of carbonyl (C=O) groups is 1. The van der Waals surface area contributed by atoms with Crippen molar-refractivity contribution in [3.8, 4) is 0 Å². The molecule has 3 aromatic carbocycles. The average molecular weight is 415 g/mol. The fourth-order valence-corrected chi connectivity index (χ4v) is 3.51. The van der Waals surface area contributed by atoms with E-state index >= 15 is 0 Å². The fraction of sp³-hybridized carbons (Fsp3) is 0.200. The molecule has 6 heteroatoms. The van der Waals surface area contributed by atoms with Crippen LogP contribution in [0.4, 0.5) is 16.2 Å². The van der Waals surface area contributed by atoms with Gasteiger partial charge in [0.25, 0.3) is 0 Å². The van der Waals surface area contributed by atoms with E-state index < -0.39 is 12.3 Å². The summed E-state index contributed by atoms with van der Waals surface area (Å²) in [6.45, 7) is 4.32. The third kappa shape index (κ3) is 4.59. The molecule has 1 heterocycles. The maximum atomic E-state index is 11.8. The molecule has 1 aromatic heterocycles. The topological polar surface area (TPSA) is 83.5 Å². The van der Waals surface area contributed by atoms with Crippen molar-refractivity contribution in [3.05, 3.63) is 77.9 Å². The Morgan fingerprint density at radius 1 is 1.03 bits per heavy atom. The van der Waals surface area contributed by atoms with E-state index in [9.17, 15) is 9.90 Å². The lowest BCUT2D eigenvalue weighted by Gasteiger charge is -2.19. The standard InChI is InChI=1S/C25H25N3O3/c1-3-13-31-25(30)26-18-8-6-7-17(15-18)24(29)28-23-19-9-4-5-10-21(19)27-22-14-16(2)11-12-20(22)23/h4-12,14-15,24,29H,3,13H2,1-2H3,(H,26,30)(H,27,28). The highest BCUT2D eigenvalue weighted by Crippen LogP contribution is 2.33. The Kier molecular flexibility index (Phi) is 6.00. The number of hydrogen-bond acceptors (Lipinski definition) is 5. The third-order valence-electron chi connectivity index (χ3n) is 5.00. The summed E-state index contributed by atoms with van der Waals surface area (Å²) in [7, 11) is 0. The van der Waals surface area contributed by atoms with Crippen molar-refractivity contribution in [3.63, 3.8) is 0 Å². The lowest BCUT2D eigenvalue weighted by molar-refractivity contribution is 0.161. The van der Waals surface area contributed by atoms with Crippen molar-refractivity contribution in [1.82, 2.24) is 4.98 Å². The van der Waals surface area contributed by atoms with E-state index in [2.05, 4.69) is 10.6 Å². The number of amides is 1. The molecule has 0 saturated heterocycles. The first-order chi connectivity index (χ1) is 15.0. The third-order valence-corrected chi connectivity index (χ3v) is 5.00. The lowest BCUT2D eigenvalue weighted by atomic mass is 10.1. The summed E-state index contributed by atoms with van der Waals surface area (Å²) in [6.07, 6.45) is -0.740. The van der Waals surface area contributed by atoms with E-state index in [0.717, 1.165) is 39.5 Å². The Morgan fingerprint density at radius 3 is 2.68 bits per heavy atom. The quantitative estimate of drug-likeness (QED) is 0.275. The average Bonchev–Trinajstić information content (AvgIpc) is 2.77. The van der Waals surface area contributed by atoms with Gasteiger partial charge in [-0.15, -0.1) is 0 Å². The molecule has 0 aliphatic heterocycles. The van der Waals surface area contributed by atoms with E-state index in [1.165, 1.54) is 0 Å². The predicted molar refractivity (Wildman–Crippen MR) is 124 cm³/mol. The molecule has 0 bridgehead atoms. The number of anilines is 2. The lowest BCUT2D eigenvalue weighted by Crippen LogP contribution is -2.15. The zero-order chi connectivity index (χ0) is 21.8.